The molecular weight excluding hydrogens is 367 g/mol. The second-order valence-corrected chi connectivity index (χ2v) is 5.98. The predicted octanol–water partition coefficient (Wildman–Crippen LogP) is 2.29. The van der Waals surface area contributed by atoms with Crippen LogP contribution in [0.4, 0.5) is 10.1 Å². The molecule has 0 spiro atoms. The lowest BCUT2D eigenvalue weighted by atomic mass is 10.2. The Labute approximate surface area is 161 Å². The van der Waals surface area contributed by atoms with Crippen molar-refractivity contribution in [3.8, 4) is 11.5 Å². The SMILES string of the molecule is COC(=O)C1=C(Nc2ccccc2Oc2cccc(F)c2)C(=O)N(CCO)C1. The Bertz CT molecular complexity index is 928. The van der Waals surface area contributed by atoms with Crippen LogP contribution in [0.2, 0.25) is 0 Å². The second kappa shape index (κ2) is 8.53. The number of hydrogen-bond acceptors (Lipinski definition) is 6. The summed E-state index contributed by atoms with van der Waals surface area (Å²) < 4.78 is 23.9. The standard InChI is InChI=1S/C20H19FN2O5/c1-27-20(26)15-12-23(9-10-24)19(25)18(15)22-16-7-2-3-8-17(16)28-14-6-4-5-13(21)11-14/h2-8,11,22,24H,9-10,12H2,1H3. The highest BCUT2D eigenvalue weighted by Gasteiger charge is 2.34. The summed E-state index contributed by atoms with van der Waals surface area (Å²) in [6.45, 7) is -0.111. The highest BCUT2D eigenvalue weighted by atomic mass is 19.1. The Balaban J connectivity index is 1.91. The van der Waals surface area contributed by atoms with Gasteiger partial charge in [-0.05, 0) is 24.3 Å². The largest absolute Gasteiger partial charge is 0.466 e. The molecule has 0 saturated heterocycles. The molecule has 1 aliphatic heterocycles. The number of amides is 1. The molecule has 1 amide bonds. The molecule has 0 atom stereocenters. The number of nitrogens with one attached hydrogen (secondary N) is 1. The van der Waals surface area contributed by atoms with Crippen molar-refractivity contribution in [3.05, 3.63) is 65.6 Å². The van der Waals surface area contributed by atoms with Crippen LogP contribution >= 0.6 is 0 Å². The third-order valence-electron chi connectivity index (χ3n) is 4.12. The number of ether oxygens (including phenoxy) is 2. The fraction of sp³-hybridized carbons (Fsp3) is 0.200. The Morgan fingerprint density at radius 1 is 1.25 bits per heavy atom. The van der Waals surface area contributed by atoms with Gasteiger partial charge in [0, 0.05) is 12.6 Å². The van der Waals surface area contributed by atoms with Gasteiger partial charge in [0.05, 0.1) is 31.5 Å². The summed E-state index contributed by atoms with van der Waals surface area (Å²) in [5.74, 6) is -0.881. The first-order chi connectivity index (χ1) is 13.5. The van der Waals surface area contributed by atoms with Gasteiger partial charge in [0.25, 0.3) is 5.91 Å². The van der Waals surface area contributed by atoms with E-state index in [4.69, 9.17) is 14.6 Å². The third-order valence-corrected chi connectivity index (χ3v) is 4.12. The maximum absolute atomic E-state index is 13.4. The lowest BCUT2D eigenvalue weighted by Crippen LogP contribution is -2.31. The zero-order valence-electron chi connectivity index (χ0n) is 15.1. The third kappa shape index (κ3) is 4.12. The van der Waals surface area contributed by atoms with Crippen molar-refractivity contribution in [2.24, 2.45) is 0 Å². The summed E-state index contributed by atoms with van der Waals surface area (Å²) in [4.78, 5) is 26.1. The molecule has 0 saturated carbocycles. The molecule has 146 valence electrons. The van der Waals surface area contributed by atoms with Crippen LogP contribution < -0.4 is 10.1 Å². The van der Waals surface area contributed by atoms with Crippen LogP contribution in [0.1, 0.15) is 0 Å². The number of β-amino-alcohol motifs (C(OH)–C–C–N with tert-alkyl or cyclic N) is 1. The Kier molecular flexibility index (Phi) is 5.90. The van der Waals surface area contributed by atoms with E-state index in [-0.39, 0.29) is 36.7 Å². The highest BCUT2D eigenvalue weighted by Crippen LogP contribution is 2.32. The number of nitrogens with zero attached hydrogens (tertiary/aromatic N) is 1. The number of hydrogen-bond donors (Lipinski definition) is 2. The van der Waals surface area contributed by atoms with E-state index in [2.05, 4.69) is 5.32 Å². The van der Waals surface area contributed by atoms with Gasteiger partial charge in [0.1, 0.15) is 17.3 Å². The smallest absolute Gasteiger partial charge is 0.337 e. The van der Waals surface area contributed by atoms with Crippen LogP contribution in [-0.4, -0.2) is 48.7 Å². The van der Waals surface area contributed by atoms with Crippen LogP contribution in [0.25, 0.3) is 0 Å². The van der Waals surface area contributed by atoms with Gasteiger partial charge >= 0.3 is 5.97 Å². The van der Waals surface area contributed by atoms with E-state index in [9.17, 15) is 14.0 Å². The predicted molar refractivity (Wildman–Crippen MR) is 99.2 cm³/mol. The van der Waals surface area contributed by atoms with E-state index >= 15 is 0 Å². The monoisotopic (exact) mass is 386 g/mol. The van der Waals surface area contributed by atoms with E-state index in [0.717, 1.165) is 0 Å². The molecule has 1 heterocycles. The van der Waals surface area contributed by atoms with Crippen molar-refractivity contribution in [1.29, 1.82) is 0 Å². The first kappa shape index (κ1) is 19.4. The number of carbonyl (C=O) groups excluding carboxylic acids is 2. The van der Waals surface area contributed by atoms with E-state index in [1.807, 2.05) is 0 Å². The van der Waals surface area contributed by atoms with E-state index in [1.165, 1.54) is 30.2 Å². The first-order valence-corrected chi connectivity index (χ1v) is 8.54. The molecule has 2 N–H and O–H groups in total. The number of carbonyl (C=O) groups is 2. The zero-order chi connectivity index (χ0) is 20.1. The highest BCUT2D eigenvalue weighted by molar-refractivity contribution is 6.08. The molecule has 3 rings (SSSR count). The number of aliphatic hydroxyl groups is 1. The topological polar surface area (TPSA) is 88.1 Å². The van der Waals surface area contributed by atoms with Gasteiger partial charge in [-0.2, -0.15) is 0 Å². The van der Waals surface area contributed by atoms with Crippen molar-refractivity contribution in [1.82, 2.24) is 4.90 Å². The van der Waals surface area contributed by atoms with Gasteiger partial charge in [-0.25, -0.2) is 9.18 Å². The minimum Gasteiger partial charge on any atom is -0.466 e. The molecule has 0 bridgehead atoms. The zero-order valence-corrected chi connectivity index (χ0v) is 15.1. The summed E-state index contributed by atoms with van der Waals surface area (Å²) in [5.41, 5.74) is 0.625. The molecule has 28 heavy (non-hydrogen) atoms. The van der Waals surface area contributed by atoms with Crippen molar-refractivity contribution >= 4 is 17.6 Å². The van der Waals surface area contributed by atoms with Crippen molar-refractivity contribution < 1.29 is 28.6 Å². The Hall–Kier alpha value is -3.39. The van der Waals surface area contributed by atoms with Crippen LogP contribution in [0.5, 0.6) is 11.5 Å². The number of aliphatic hydroxyl groups excluding tert-OH is 1. The van der Waals surface area contributed by atoms with Gasteiger partial charge in [0.2, 0.25) is 0 Å². The van der Waals surface area contributed by atoms with E-state index in [0.29, 0.717) is 11.4 Å². The molecule has 0 unspecified atom stereocenters. The second-order valence-electron chi connectivity index (χ2n) is 5.98. The molecule has 7 nitrogen and oxygen atoms in total. The van der Waals surface area contributed by atoms with Gasteiger partial charge < -0.3 is 24.8 Å². The van der Waals surface area contributed by atoms with Gasteiger partial charge in [-0.15, -0.1) is 0 Å². The number of halogens is 1. The number of para-hydroxylation sites is 2. The van der Waals surface area contributed by atoms with Gasteiger partial charge in [-0.1, -0.05) is 18.2 Å². The average Bonchev–Trinajstić information content (AvgIpc) is 2.99. The van der Waals surface area contributed by atoms with Crippen LogP contribution in [0.15, 0.2) is 59.8 Å². The molecule has 8 heteroatoms. The molecule has 0 radical (unpaired) electrons. The first-order valence-electron chi connectivity index (χ1n) is 8.54. The summed E-state index contributed by atoms with van der Waals surface area (Å²) in [7, 11) is 1.23. The van der Waals surface area contributed by atoms with Crippen LogP contribution in [0.3, 0.4) is 0 Å². The number of benzene rings is 2. The lowest BCUT2D eigenvalue weighted by molar-refractivity contribution is -0.136. The fourth-order valence-electron chi connectivity index (χ4n) is 2.80. The fourth-order valence-corrected chi connectivity index (χ4v) is 2.80. The summed E-state index contributed by atoms with van der Waals surface area (Å²) in [5, 5.41) is 12.1. The Morgan fingerprint density at radius 2 is 2.04 bits per heavy atom. The number of anilines is 1. The molecule has 0 fully saturated rings. The molecule has 0 aromatic heterocycles. The number of esters is 1. The maximum atomic E-state index is 13.4. The molecule has 2 aromatic carbocycles. The molecular formula is C20H19FN2O5. The van der Waals surface area contributed by atoms with Gasteiger partial charge in [-0.3, -0.25) is 4.79 Å². The van der Waals surface area contributed by atoms with Gasteiger partial charge in [0.15, 0.2) is 5.75 Å². The van der Waals surface area contributed by atoms with Crippen molar-refractivity contribution in [2.75, 3.05) is 32.1 Å². The molecule has 0 aliphatic carbocycles. The normalized spacial score (nSPS) is 13.7. The van der Waals surface area contributed by atoms with Crippen LogP contribution in [0, 0.1) is 5.82 Å². The van der Waals surface area contributed by atoms with Crippen molar-refractivity contribution in [2.45, 2.75) is 0 Å². The minimum absolute atomic E-state index is 0.0291. The van der Waals surface area contributed by atoms with Crippen molar-refractivity contribution in [3.63, 3.8) is 0 Å². The number of methoxy groups -OCH3 is 1. The van der Waals surface area contributed by atoms with Crippen LogP contribution in [-0.2, 0) is 14.3 Å². The Morgan fingerprint density at radius 3 is 2.75 bits per heavy atom. The average molecular weight is 386 g/mol. The quantitative estimate of drug-likeness (QED) is 0.710. The maximum Gasteiger partial charge on any atom is 0.337 e. The molecule has 1 aliphatic rings. The summed E-state index contributed by atoms with van der Waals surface area (Å²) in [6.07, 6.45) is 0. The van der Waals surface area contributed by atoms with E-state index in [1.54, 1.807) is 30.3 Å². The number of rotatable bonds is 7. The minimum atomic E-state index is -0.639. The van der Waals surface area contributed by atoms with E-state index < -0.39 is 17.7 Å². The lowest BCUT2D eigenvalue weighted by Gasteiger charge is -2.16. The molecule has 2 aromatic rings. The summed E-state index contributed by atoms with van der Waals surface area (Å²) in [6, 6.07) is 12.4. The summed E-state index contributed by atoms with van der Waals surface area (Å²) >= 11 is 0.